The maximum absolute atomic E-state index is 13.5. The zero-order chi connectivity index (χ0) is 18.8. The Morgan fingerprint density at radius 3 is 2.26 bits per heavy atom. The average Bonchev–Trinajstić information content (AvgIpc) is 3.08. The molecule has 3 aromatic carbocycles. The van der Waals surface area contributed by atoms with Crippen LogP contribution in [-0.2, 0) is 4.79 Å². The molecule has 4 heteroatoms. The van der Waals surface area contributed by atoms with Crippen molar-refractivity contribution >= 4 is 22.8 Å². The van der Waals surface area contributed by atoms with Gasteiger partial charge in [0.1, 0.15) is 5.75 Å². The molecule has 0 saturated heterocycles. The molecule has 4 rings (SSSR count). The Labute approximate surface area is 156 Å². The summed E-state index contributed by atoms with van der Waals surface area (Å²) in [6.07, 6.45) is 0. The lowest BCUT2D eigenvalue weighted by Crippen LogP contribution is -2.15. The number of ether oxygens (including phenoxy) is 1. The van der Waals surface area contributed by atoms with Crippen LogP contribution in [0.25, 0.3) is 22.2 Å². The van der Waals surface area contributed by atoms with Gasteiger partial charge >= 0.3 is 5.97 Å². The number of esters is 1. The van der Waals surface area contributed by atoms with E-state index < -0.39 is 5.97 Å². The normalized spacial score (nSPS) is 10.7. The van der Waals surface area contributed by atoms with E-state index in [0.717, 1.165) is 22.2 Å². The van der Waals surface area contributed by atoms with Gasteiger partial charge in [-0.05, 0) is 29.8 Å². The van der Waals surface area contributed by atoms with Crippen LogP contribution >= 0.6 is 0 Å². The standard InChI is InChI=1S/C23H17NO3/c1-16(25)27-22-14-8-6-12-19(22)23(26)24-20-13-7-5-11-18(20)15-21(24)17-9-3-2-4-10-17/h2-15H,1H3. The summed E-state index contributed by atoms with van der Waals surface area (Å²) in [4.78, 5) is 24.9. The lowest BCUT2D eigenvalue weighted by molar-refractivity contribution is -0.131. The fraction of sp³-hybridized carbons (Fsp3) is 0.0435. The number of aromatic nitrogens is 1. The van der Waals surface area contributed by atoms with Crippen molar-refractivity contribution in [2.75, 3.05) is 0 Å². The highest BCUT2D eigenvalue weighted by Crippen LogP contribution is 2.30. The van der Waals surface area contributed by atoms with E-state index in [1.807, 2.05) is 60.7 Å². The third kappa shape index (κ3) is 3.13. The summed E-state index contributed by atoms with van der Waals surface area (Å²) in [6, 6.07) is 26.3. The second-order valence-corrected chi connectivity index (χ2v) is 6.18. The minimum absolute atomic E-state index is 0.244. The smallest absolute Gasteiger partial charge is 0.308 e. The van der Waals surface area contributed by atoms with Crippen molar-refractivity contribution in [3.8, 4) is 17.0 Å². The van der Waals surface area contributed by atoms with Crippen LogP contribution < -0.4 is 4.74 Å². The van der Waals surface area contributed by atoms with Crippen molar-refractivity contribution in [2.24, 2.45) is 0 Å². The van der Waals surface area contributed by atoms with Crippen LogP contribution in [0.1, 0.15) is 17.3 Å². The molecule has 1 aromatic heterocycles. The summed E-state index contributed by atoms with van der Waals surface area (Å²) >= 11 is 0. The monoisotopic (exact) mass is 355 g/mol. The zero-order valence-electron chi connectivity index (χ0n) is 14.8. The third-order valence-electron chi connectivity index (χ3n) is 4.35. The molecule has 0 radical (unpaired) electrons. The van der Waals surface area contributed by atoms with Gasteiger partial charge in [0.05, 0.1) is 16.8 Å². The maximum atomic E-state index is 13.5. The highest BCUT2D eigenvalue weighted by molar-refractivity contribution is 6.07. The van der Waals surface area contributed by atoms with E-state index in [1.165, 1.54) is 6.92 Å². The van der Waals surface area contributed by atoms with E-state index in [-0.39, 0.29) is 11.7 Å². The number of hydrogen-bond acceptors (Lipinski definition) is 3. The summed E-state index contributed by atoms with van der Waals surface area (Å²) in [5.74, 6) is -0.449. The summed E-state index contributed by atoms with van der Waals surface area (Å²) in [5.41, 5.74) is 2.87. The van der Waals surface area contributed by atoms with Crippen LogP contribution in [0.15, 0.2) is 84.9 Å². The van der Waals surface area contributed by atoms with Gasteiger partial charge in [0.2, 0.25) is 0 Å². The highest BCUT2D eigenvalue weighted by Gasteiger charge is 2.21. The van der Waals surface area contributed by atoms with Gasteiger partial charge in [-0.3, -0.25) is 14.2 Å². The third-order valence-corrected chi connectivity index (χ3v) is 4.35. The number of hydrogen-bond donors (Lipinski definition) is 0. The Morgan fingerprint density at radius 1 is 0.815 bits per heavy atom. The summed E-state index contributed by atoms with van der Waals surface area (Å²) < 4.78 is 6.92. The first-order valence-electron chi connectivity index (χ1n) is 8.63. The van der Waals surface area contributed by atoms with Gasteiger partial charge in [-0.15, -0.1) is 0 Å². The fourth-order valence-electron chi connectivity index (χ4n) is 3.20. The molecule has 0 saturated carbocycles. The van der Waals surface area contributed by atoms with Crippen LogP contribution in [0, 0.1) is 0 Å². The van der Waals surface area contributed by atoms with Crippen molar-refractivity contribution in [1.82, 2.24) is 4.57 Å². The average molecular weight is 355 g/mol. The van der Waals surface area contributed by atoms with Crippen molar-refractivity contribution in [3.63, 3.8) is 0 Å². The van der Waals surface area contributed by atoms with Crippen LogP contribution in [-0.4, -0.2) is 16.4 Å². The molecule has 0 unspecified atom stereocenters. The Balaban J connectivity index is 1.94. The van der Waals surface area contributed by atoms with Gasteiger partial charge in [-0.2, -0.15) is 0 Å². The Bertz CT molecular complexity index is 1140. The van der Waals surface area contributed by atoms with Gasteiger partial charge in [-0.1, -0.05) is 60.7 Å². The lowest BCUT2D eigenvalue weighted by atomic mass is 10.1. The van der Waals surface area contributed by atoms with Gasteiger partial charge in [0.15, 0.2) is 0 Å². The molecule has 0 amide bonds. The number of nitrogens with zero attached hydrogens (tertiary/aromatic N) is 1. The molecule has 0 aliphatic heterocycles. The highest BCUT2D eigenvalue weighted by atomic mass is 16.5. The van der Waals surface area contributed by atoms with E-state index in [9.17, 15) is 9.59 Å². The second kappa shape index (κ2) is 6.92. The first kappa shape index (κ1) is 16.8. The molecule has 0 fully saturated rings. The largest absolute Gasteiger partial charge is 0.426 e. The molecule has 132 valence electrons. The Hall–Kier alpha value is -3.66. The molecule has 0 atom stereocenters. The first-order valence-corrected chi connectivity index (χ1v) is 8.63. The van der Waals surface area contributed by atoms with Crippen molar-refractivity contribution < 1.29 is 14.3 Å². The number of para-hydroxylation sites is 2. The van der Waals surface area contributed by atoms with E-state index >= 15 is 0 Å². The number of benzene rings is 3. The number of fused-ring (bicyclic) bond motifs is 1. The van der Waals surface area contributed by atoms with Gasteiger partial charge < -0.3 is 4.74 Å². The van der Waals surface area contributed by atoms with E-state index in [2.05, 4.69) is 0 Å². The minimum atomic E-state index is -0.462. The summed E-state index contributed by atoms with van der Waals surface area (Å²) in [5, 5.41) is 0.967. The summed E-state index contributed by atoms with van der Waals surface area (Å²) in [7, 11) is 0. The molecule has 1 heterocycles. The Morgan fingerprint density at radius 2 is 1.48 bits per heavy atom. The van der Waals surface area contributed by atoms with Gasteiger partial charge in [0.25, 0.3) is 5.91 Å². The summed E-state index contributed by atoms with van der Waals surface area (Å²) in [6.45, 7) is 1.32. The van der Waals surface area contributed by atoms with Crippen LogP contribution in [0.5, 0.6) is 5.75 Å². The van der Waals surface area contributed by atoms with Crippen LogP contribution in [0.2, 0.25) is 0 Å². The molecular formula is C23H17NO3. The molecule has 0 aliphatic rings. The molecule has 4 aromatic rings. The van der Waals surface area contributed by atoms with Crippen LogP contribution in [0.3, 0.4) is 0 Å². The topological polar surface area (TPSA) is 48.3 Å². The molecule has 0 aliphatic carbocycles. The van der Waals surface area contributed by atoms with Crippen molar-refractivity contribution in [2.45, 2.75) is 6.92 Å². The van der Waals surface area contributed by atoms with Crippen molar-refractivity contribution in [1.29, 1.82) is 0 Å². The SMILES string of the molecule is CC(=O)Oc1ccccc1C(=O)n1c(-c2ccccc2)cc2ccccc21. The predicted molar refractivity (Wildman–Crippen MR) is 105 cm³/mol. The molecule has 27 heavy (non-hydrogen) atoms. The zero-order valence-corrected chi connectivity index (χ0v) is 14.8. The Kier molecular flexibility index (Phi) is 4.30. The van der Waals surface area contributed by atoms with Gasteiger partial charge in [-0.25, -0.2) is 0 Å². The molecule has 4 nitrogen and oxygen atoms in total. The predicted octanol–water partition coefficient (Wildman–Crippen LogP) is 4.92. The first-order chi connectivity index (χ1) is 13.1. The fourth-order valence-corrected chi connectivity index (χ4v) is 3.20. The number of carbonyl (C=O) groups is 2. The molecule has 0 N–H and O–H groups in total. The van der Waals surface area contributed by atoms with E-state index in [4.69, 9.17) is 4.74 Å². The minimum Gasteiger partial charge on any atom is -0.426 e. The van der Waals surface area contributed by atoms with Crippen molar-refractivity contribution in [3.05, 3.63) is 90.5 Å². The van der Waals surface area contributed by atoms with Crippen LogP contribution in [0.4, 0.5) is 0 Å². The van der Waals surface area contributed by atoms with Gasteiger partial charge in [0, 0.05) is 12.3 Å². The van der Waals surface area contributed by atoms with E-state index in [0.29, 0.717) is 5.56 Å². The molecular weight excluding hydrogens is 338 g/mol. The lowest BCUT2D eigenvalue weighted by Gasteiger charge is -2.12. The van der Waals surface area contributed by atoms with E-state index in [1.54, 1.807) is 28.8 Å². The molecule has 0 bridgehead atoms. The maximum Gasteiger partial charge on any atom is 0.308 e. The number of carbonyl (C=O) groups excluding carboxylic acids is 2. The number of rotatable bonds is 3. The molecule has 0 spiro atoms. The quantitative estimate of drug-likeness (QED) is 0.387. The second-order valence-electron chi connectivity index (χ2n) is 6.18.